The molecule has 0 unspecified atom stereocenters. The van der Waals surface area contributed by atoms with E-state index in [-0.39, 0.29) is 33.8 Å². The van der Waals surface area contributed by atoms with Crippen LogP contribution in [0.15, 0.2) is 53.6 Å². The molecule has 10 nitrogen and oxygen atoms in total. The van der Waals surface area contributed by atoms with Crippen molar-refractivity contribution in [1.29, 1.82) is 0 Å². The fourth-order valence-corrected chi connectivity index (χ4v) is 6.23. The van der Waals surface area contributed by atoms with E-state index in [4.69, 9.17) is 21.1 Å². The van der Waals surface area contributed by atoms with Crippen molar-refractivity contribution in [3.05, 3.63) is 53.7 Å². The summed E-state index contributed by atoms with van der Waals surface area (Å²) < 4.78 is 41.0. The van der Waals surface area contributed by atoms with E-state index in [1.807, 2.05) is 25.1 Å². The summed E-state index contributed by atoms with van der Waals surface area (Å²) in [4.78, 5) is 11.3. The van der Waals surface area contributed by atoms with Gasteiger partial charge in [0.1, 0.15) is 27.5 Å². The highest BCUT2D eigenvalue weighted by Gasteiger charge is 2.27. The zero-order valence-corrected chi connectivity index (χ0v) is 24.3. The molecule has 1 aromatic heterocycles. The number of piperidine rings is 1. The molecule has 2 heterocycles. The first-order valence-electron chi connectivity index (χ1n) is 13.6. The van der Waals surface area contributed by atoms with Crippen LogP contribution in [0.2, 0.25) is 5.02 Å². The molecule has 0 radical (unpaired) electrons. The minimum absolute atomic E-state index is 0.0304. The maximum Gasteiger partial charge on any atom is 0.242 e. The Bertz CT molecular complexity index is 1430. The van der Waals surface area contributed by atoms with Crippen LogP contribution in [0.25, 0.3) is 0 Å². The van der Waals surface area contributed by atoms with Crippen molar-refractivity contribution < 1.29 is 17.9 Å². The quantitative estimate of drug-likeness (QED) is 0.274. The van der Waals surface area contributed by atoms with Crippen LogP contribution in [0.5, 0.6) is 11.5 Å². The van der Waals surface area contributed by atoms with Crippen LogP contribution in [0.1, 0.15) is 39.0 Å². The summed E-state index contributed by atoms with van der Waals surface area (Å²) in [5, 5.41) is 6.52. The molecule has 1 aliphatic carbocycles. The Morgan fingerprint density at radius 2 is 1.82 bits per heavy atom. The average Bonchev–Trinajstić information content (AvgIpc) is 2.91. The number of likely N-dealkylation sites (tertiary alicyclic amines) is 1. The standard InChI is InChI=1S/C28H35ClN6O4S/c1-3-38-25-17-21(39-20-13-15-35(2)16-14-20)11-12-23(25)32-28-30-18-22(29)27(33-28)31-24-9-4-5-10-26(24)40(36,37)34-19-7-6-8-19/h4-5,9-12,17-20,34H,3,6-8,13-16H2,1-2H3,(H2,30,31,32,33). The van der Waals surface area contributed by atoms with Crippen molar-refractivity contribution in [1.82, 2.24) is 19.6 Å². The number of benzene rings is 2. The van der Waals surface area contributed by atoms with E-state index in [0.29, 0.717) is 23.7 Å². The van der Waals surface area contributed by atoms with Crippen LogP contribution in [0.4, 0.5) is 23.1 Å². The Morgan fingerprint density at radius 1 is 1.05 bits per heavy atom. The van der Waals surface area contributed by atoms with Crippen molar-refractivity contribution in [3.8, 4) is 11.5 Å². The molecule has 1 aliphatic heterocycles. The second-order valence-corrected chi connectivity index (χ2v) is 12.2. The van der Waals surface area contributed by atoms with Gasteiger partial charge in [0.05, 0.1) is 24.2 Å². The van der Waals surface area contributed by atoms with Gasteiger partial charge < -0.3 is 25.0 Å². The Morgan fingerprint density at radius 3 is 2.55 bits per heavy atom. The number of halogens is 1. The third-order valence-corrected chi connectivity index (χ3v) is 8.92. The van der Waals surface area contributed by atoms with Crippen molar-refractivity contribution in [2.45, 2.75) is 56.1 Å². The molecular weight excluding hydrogens is 552 g/mol. The van der Waals surface area contributed by atoms with Crippen molar-refractivity contribution in [2.24, 2.45) is 0 Å². The summed E-state index contributed by atoms with van der Waals surface area (Å²) >= 11 is 6.41. The molecule has 2 aliphatic rings. The molecule has 214 valence electrons. The van der Waals surface area contributed by atoms with E-state index in [1.165, 1.54) is 6.20 Å². The fraction of sp³-hybridized carbons (Fsp3) is 0.429. The number of para-hydroxylation sites is 1. The summed E-state index contributed by atoms with van der Waals surface area (Å²) in [6, 6.07) is 12.3. The van der Waals surface area contributed by atoms with Gasteiger partial charge in [-0.1, -0.05) is 30.2 Å². The molecule has 3 N–H and O–H groups in total. The summed E-state index contributed by atoms with van der Waals surface area (Å²) in [5.74, 6) is 1.89. The first-order valence-corrected chi connectivity index (χ1v) is 15.5. The predicted octanol–water partition coefficient (Wildman–Crippen LogP) is 5.32. The number of nitrogens with zero attached hydrogens (tertiary/aromatic N) is 3. The van der Waals surface area contributed by atoms with E-state index in [1.54, 1.807) is 24.3 Å². The second-order valence-electron chi connectivity index (χ2n) is 10.1. The van der Waals surface area contributed by atoms with E-state index in [0.717, 1.165) is 50.9 Å². The van der Waals surface area contributed by atoms with Crippen LogP contribution in [0, 0.1) is 0 Å². The van der Waals surface area contributed by atoms with Gasteiger partial charge in [-0.05, 0) is 63.9 Å². The van der Waals surface area contributed by atoms with Gasteiger partial charge in [0, 0.05) is 25.2 Å². The molecule has 2 fully saturated rings. The maximum atomic E-state index is 13.1. The first kappa shape index (κ1) is 28.4. The highest BCUT2D eigenvalue weighted by Crippen LogP contribution is 2.34. The van der Waals surface area contributed by atoms with Gasteiger partial charge in [-0.25, -0.2) is 18.1 Å². The molecule has 0 amide bonds. The number of hydrogen-bond donors (Lipinski definition) is 3. The number of anilines is 4. The topological polar surface area (TPSA) is 118 Å². The van der Waals surface area contributed by atoms with Crippen molar-refractivity contribution >= 4 is 44.8 Å². The molecule has 3 aromatic rings. The summed E-state index contributed by atoms with van der Waals surface area (Å²) in [6.45, 7) is 4.42. The van der Waals surface area contributed by atoms with Gasteiger partial charge in [-0.3, -0.25) is 0 Å². The largest absolute Gasteiger partial charge is 0.492 e. The average molecular weight is 587 g/mol. The lowest BCUT2D eigenvalue weighted by atomic mass is 9.94. The van der Waals surface area contributed by atoms with Crippen LogP contribution in [0.3, 0.4) is 0 Å². The van der Waals surface area contributed by atoms with Crippen molar-refractivity contribution in [3.63, 3.8) is 0 Å². The normalized spacial score (nSPS) is 16.8. The van der Waals surface area contributed by atoms with E-state index >= 15 is 0 Å². The van der Waals surface area contributed by atoms with Crippen LogP contribution < -0.4 is 24.8 Å². The number of sulfonamides is 1. The smallest absolute Gasteiger partial charge is 0.242 e. The Kier molecular flexibility index (Phi) is 8.94. The van der Waals surface area contributed by atoms with Gasteiger partial charge in [-0.2, -0.15) is 4.98 Å². The SMILES string of the molecule is CCOc1cc(OC2CCN(C)CC2)ccc1Nc1ncc(Cl)c(Nc2ccccc2S(=O)(=O)NC2CCC2)n1. The molecule has 0 spiro atoms. The van der Waals surface area contributed by atoms with Gasteiger partial charge in [0.2, 0.25) is 16.0 Å². The van der Waals surface area contributed by atoms with Crippen LogP contribution >= 0.6 is 11.6 Å². The summed E-state index contributed by atoms with van der Waals surface area (Å²) in [5.41, 5.74) is 1.03. The minimum Gasteiger partial charge on any atom is -0.492 e. The zero-order valence-electron chi connectivity index (χ0n) is 22.7. The first-order chi connectivity index (χ1) is 19.3. The molecule has 1 saturated heterocycles. The molecule has 1 saturated carbocycles. The summed E-state index contributed by atoms with van der Waals surface area (Å²) in [6.07, 6.45) is 6.31. The molecule has 0 bridgehead atoms. The van der Waals surface area contributed by atoms with Crippen LogP contribution in [-0.4, -0.2) is 62.2 Å². The van der Waals surface area contributed by atoms with Gasteiger partial charge in [-0.15, -0.1) is 0 Å². The Hall–Kier alpha value is -3.12. The Labute approximate surface area is 240 Å². The predicted molar refractivity (Wildman–Crippen MR) is 157 cm³/mol. The molecular formula is C28H35ClN6O4S. The number of ether oxygens (including phenoxy) is 2. The molecule has 5 rings (SSSR count). The van der Waals surface area contributed by atoms with E-state index < -0.39 is 10.0 Å². The summed E-state index contributed by atoms with van der Waals surface area (Å²) in [7, 11) is -1.59. The highest BCUT2D eigenvalue weighted by molar-refractivity contribution is 7.89. The van der Waals surface area contributed by atoms with Crippen LogP contribution in [-0.2, 0) is 10.0 Å². The van der Waals surface area contributed by atoms with Crippen molar-refractivity contribution in [2.75, 3.05) is 37.4 Å². The fourth-order valence-electron chi connectivity index (χ4n) is 4.63. The molecule has 2 aromatic carbocycles. The van der Waals surface area contributed by atoms with Gasteiger partial charge >= 0.3 is 0 Å². The number of nitrogens with one attached hydrogen (secondary N) is 3. The lowest BCUT2D eigenvalue weighted by Crippen LogP contribution is -2.39. The van der Waals surface area contributed by atoms with Gasteiger partial charge in [0.15, 0.2) is 5.82 Å². The number of rotatable bonds is 11. The molecule has 12 heteroatoms. The number of hydrogen-bond acceptors (Lipinski definition) is 9. The van der Waals surface area contributed by atoms with Gasteiger partial charge in [0.25, 0.3) is 0 Å². The lowest BCUT2D eigenvalue weighted by molar-refractivity contribution is 0.114. The monoisotopic (exact) mass is 586 g/mol. The third kappa shape index (κ3) is 6.95. The van der Waals surface area contributed by atoms with E-state index in [2.05, 4.69) is 37.3 Å². The third-order valence-electron chi connectivity index (χ3n) is 7.07. The maximum absolute atomic E-state index is 13.1. The molecule has 40 heavy (non-hydrogen) atoms. The molecule has 0 atom stereocenters. The lowest BCUT2D eigenvalue weighted by Gasteiger charge is -2.29. The Balaban J connectivity index is 1.34. The number of aromatic nitrogens is 2. The minimum atomic E-state index is -3.72. The van der Waals surface area contributed by atoms with E-state index in [9.17, 15) is 8.42 Å². The highest BCUT2D eigenvalue weighted by atomic mass is 35.5. The zero-order chi connectivity index (χ0) is 28.1. The second kappa shape index (κ2) is 12.6.